The van der Waals surface area contributed by atoms with Crippen molar-refractivity contribution in [3.05, 3.63) is 95.4 Å². The minimum Gasteiger partial charge on any atom is -0.351 e. The van der Waals surface area contributed by atoms with E-state index in [4.69, 9.17) is 0 Å². The molecule has 2 amide bonds. The Kier molecular flexibility index (Phi) is 7.00. The van der Waals surface area contributed by atoms with E-state index in [1.807, 2.05) is 30.3 Å². The van der Waals surface area contributed by atoms with Crippen molar-refractivity contribution in [2.75, 3.05) is 13.6 Å². The summed E-state index contributed by atoms with van der Waals surface area (Å²) in [6.07, 6.45) is 2.90. The Labute approximate surface area is 202 Å². The van der Waals surface area contributed by atoms with Crippen LogP contribution in [0.2, 0.25) is 0 Å². The number of rotatable bonds is 8. The van der Waals surface area contributed by atoms with Crippen LogP contribution in [0.4, 0.5) is 8.78 Å². The second-order valence-electron chi connectivity index (χ2n) is 8.72. The van der Waals surface area contributed by atoms with Crippen LogP contribution in [0.3, 0.4) is 0 Å². The maximum atomic E-state index is 14.4. The van der Waals surface area contributed by atoms with Crippen LogP contribution in [0, 0.1) is 11.6 Å². The molecule has 0 bridgehead atoms. The minimum atomic E-state index is -0.714. The van der Waals surface area contributed by atoms with Crippen LogP contribution in [0.5, 0.6) is 0 Å². The van der Waals surface area contributed by atoms with Crippen LogP contribution >= 0.6 is 0 Å². The molecule has 1 N–H and O–H groups in total. The predicted molar refractivity (Wildman–Crippen MR) is 131 cm³/mol. The number of aryl methyl sites for hydroxylation is 2. The lowest BCUT2D eigenvalue weighted by molar-refractivity contribution is 0.0713. The molecule has 0 aliphatic heterocycles. The standard InChI is InChI=1S/C27H28F2N4O2/c1-31-13-7-10-23(31)26(34)30-12-11-21(14-18-8-5-4-6-9-18)32(2)27(35)24-16-19-15-20(28)17-22(29)25(19)33(24)3/h4-10,13,15-17,21H,11-12,14H2,1-3H3,(H,30,34). The first-order valence-electron chi connectivity index (χ1n) is 11.4. The van der Waals surface area contributed by atoms with E-state index >= 15 is 0 Å². The summed E-state index contributed by atoms with van der Waals surface area (Å²) >= 11 is 0. The number of likely N-dealkylation sites (N-methyl/N-ethyl adjacent to an activating group) is 1. The van der Waals surface area contributed by atoms with Crippen molar-refractivity contribution in [3.63, 3.8) is 0 Å². The Bertz CT molecular complexity index is 1360. The van der Waals surface area contributed by atoms with Crippen molar-refractivity contribution < 1.29 is 18.4 Å². The molecule has 0 saturated heterocycles. The molecule has 2 heterocycles. The second kappa shape index (κ2) is 10.1. The van der Waals surface area contributed by atoms with Crippen molar-refractivity contribution >= 4 is 22.7 Å². The van der Waals surface area contributed by atoms with Gasteiger partial charge in [0.2, 0.25) is 0 Å². The molecule has 4 aromatic rings. The maximum absolute atomic E-state index is 14.4. The number of amides is 2. The first-order chi connectivity index (χ1) is 16.8. The van der Waals surface area contributed by atoms with Crippen LogP contribution in [0.25, 0.3) is 10.9 Å². The van der Waals surface area contributed by atoms with Crippen molar-refractivity contribution in [1.82, 2.24) is 19.4 Å². The third kappa shape index (κ3) is 5.11. The number of carbonyl (C=O) groups excluding carboxylic acids is 2. The summed E-state index contributed by atoms with van der Waals surface area (Å²) in [5.74, 6) is -1.90. The van der Waals surface area contributed by atoms with E-state index in [1.165, 1.54) is 16.7 Å². The molecular formula is C27H28F2N4O2. The normalized spacial score (nSPS) is 12.0. The lowest BCUT2D eigenvalue weighted by Crippen LogP contribution is -2.41. The molecule has 1 atom stereocenters. The average molecular weight is 479 g/mol. The number of carbonyl (C=O) groups is 2. The van der Waals surface area contributed by atoms with Crippen LogP contribution in [0.1, 0.15) is 33.0 Å². The van der Waals surface area contributed by atoms with Crippen LogP contribution < -0.4 is 5.32 Å². The van der Waals surface area contributed by atoms with E-state index in [9.17, 15) is 18.4 Å². The fourth-order valence-corrected chi connectivity index (χ4v) is 4.42. The summed E-state index contributed by atoms with van der Waals surface area (Å²) in [7, 11) is 5.10. The largest absolute Gasteiger partial charge is 0.351 e. The molecule has 35 heavy (non-hydrogen) atoms. The van der Waals surface area contributed by atoms with E-state index in [-0.39, 0.29) is 29.1 Å². The van der Waals surface area contributed by atoms with Gasteiger partial charge in [-0.3, -0.25) is 9.59 Å². The Hall–Kier alpha value is -3.94. The number of nitrogens with one attached hydrogen (secondary N) is 1. The molecule has 0 saturated carbocycles. The molecule has 0 spiro atoms. The average Bonchev–Trinajstić information content (AvgIpc) is 3.40. The zero-order valence-corrected chi connectivity index (χ0v) is 20.0. The number of hydrogen-bond acceptors (Lipinski definition) is 2. The molecule has 8 heteroatoms. The number of nitrogens with zero attached hydrogens (tertiary/aromatic N) is 3. The van der Waals surface area contributed by atoms with Gasteiger partial charge in [0.1, 0.15) is 23.0 Å². The van der Waals surface area contributed by atoms with Gasteiger partial charge in [-0.2, -0.15) is 0 Å². The van der Waals surface area contributed by atoms with Crippen LogP contribution in [0.15, 0.2) is 66.9 Å². The summed E-state index contributed by atoms with van der Waals surface area (Å²) in [6, 6.07) is 16.6. The van der Waals surface area contributed by atoms with Crippen molar-refractivity contribution in [1.29, 1.82) is 0 Å². The SMILES string of the molecule is CN(C(=O)c1cc2cc(F)cc(F)c2n1C)C(CCNC(=O)c1cccn1C)Cc1ccccc1. The second-order valence-corrected chi connectivity index (χ2v) is 8.72. The third-order valence-electron chi connectivity index (χ3n) is 6.39. The summed E-state index contributed by atoms with van der Waals surface area (Å²) < 4.78 is 31.3. The fraction of sp³-hybridized carbons (Fsp3) is 0.259. The van der Waals surface area contributed by atoms with Gasteiger partial charge in [-0.1, -0.05) is 30.3 Å². The zero-order valence-electron chi connectivity index (χ0n) is 20.0. The topological polar surface area (TPSA) is 59.3 Å². The van der Waals surface area contributed by atoms with Crippen molar-refractivity contribution in [2.24, 2.45) is 14.1 Å². The molecule has 6 nitrogen and oxygen atoms in total. The minimum absolute atomic E-state index is 0.178. The highest BCUT2D eigenvalue weighted by Gasteiger charge is 2.25. The Balaban J connectivity index is 1.55. The smallest absolute Gasteiger partial charge is 0.270 e. The van der Waals surface area contributed by atoms with Gasteiger partial charge in [0, 0.05) is 51.4 Å². The van der Waals surface area contributed by atoms with Gasteiger partial charge in [0.15, 0.2) is 0 Å². The molecular weight excluding hydrogens is 450 g/mol. The summed E-state index contributed by atoms with van der Waals surface area (Å²) in [4.78, 5) is 27.6. The molecule has 182 valence electrons. The number of aromatic nitrogens is 2. The Morgan fingerprint density at radius 3 is 2.43 bits per heavy atom. The molecule has 2 aromatic heterocycles. The van der Waals surface area contributed by atoms with E-state index in [0.717, 1.165) is 11.6 Å². The van der Waals surface area contributed by atoms with E-state index < -0.39 is 11.6 Å². The zero-order chi connectivity index (χ0) is 25.1. The monoisotopic (exact) mass is 478 g/mol. The summed E-state index contributed by atoms with van der Waals surface area (Å²) in [5.41, 5.74) is 2.05. The van der Waals surface area contributed by atoms with Crippen LogP contribution in [-0.2, 0) is 20.5 Å². The lowest BCUT2D eigenvalue weighted by atomic mass is 10.0. The predicted octanol–water partition coefficient (Wildman–Crippen LogP) is 4.30. The lowest BCUT2D eigenvalue weighted by Gasteiger charge is -2.29. The van der Waals surface area contributed by atoms with E-state index in [2.05, 4.69) is 5.32 Å². The summed E-state index contributed by atoms with van der Waals surface area (Å²) in [5, 5.41) is 3.26. The Morgan fingerprint density at radius 1 is 1.00 bits per heavy atom. The highest BCUT2D eigenvalue weighted by atomic mass is 19.1. The van der Waals surface area contributed by atoms with Gasteiger partial charge in [0.05, 0.1) is 5.52 Å². The van der Waals surface area contributed by atoms with Gasteiger partial charge in [-0.25, -0.2) is 8.78 Å². The molecule has 1 unspecified atom stereocenters. The molecule has 0 fully saturated rings. The van der Waals surface area contributed by atoms with Crippen molar-refractivity contribution in [2.45, 2.75) is 18.9 Å². The molecule has 0 radical (unpaired) electrons. The van der Waals surface area contributed by atoms with Crippen LogP contribution in [-0.4, -0.2) is 45.5 Å². The molecule has 0 aliphatic carbocycles. The number of benzene rings is 2. The van der Waals surface area contributed by atoms with E-state index in [0.29, 0.717) is 30.5 Å². The highest BCUT2D eigenvalue weighted by molar-refractivity contribution is 5.99. The maximum Gasteiger partial charge on any atom is 0.270 e. The Morgan fingerprint density at radius 2 is 1.74 bits per heavy atom. The molecule has 4 rings (SSSR count). The first kappa shape index (κ1) is 24.2. The van der Waals surface area contributed by atoms with Gasteiger partial charge in [0.25, 0.3) is 11.8 Å². The quantitative estimate of drug-likeness (QED) is 0.411. The van der Waals surface area contributed by atoms with Gasteiger partial charge >= 0.3 is 0 Å². The highest BCUT2D eigenvalue weighted by Crippen LogP contribution is 2.25. The van der Waals surface area contributed by atoms with Crippen molar-refractivity contribution in [3.8, 4) is 0 Å². The van der Waals surface area contributed by atoms with Gasteiger partial charge in [-0.15, -0.1) is 0 Å². The molecule has 2 aromatic carbocycles. The van der Waals surface area contributed by atoms with E-state index in [1.54, 1.807) is 48.9 Å². The first-order valence-corrected chi connectivity index (χ1v) is 11.4. The number of halogens is 2. The van der Waals surface area contributed by atoms with Gasteiger partial charge in [-0.05, 0) is 42.7 Å². The number of fused-ring (bicyclic) bond motifs is 1. The molecule has 0 aliphatic rings. The number of hydrogen-bond donors (Lipinski definition) is 1. The van der Waals surface area contributed by atoms with Gasteiger partial charge < -0.3 is 19.4 Å². The third-order valence-corrected chi connectivity index (χ3v) is 6.39. The fourth-order valence-electron chi connectivity index (χ4n) is 4.42. The summed E-state index contributed by atoms with van der Waals surface area (Å²) in [6.45, 7) is 0.369.